The molecule has 2 aliphatic rings. The maximum absolute atomic E-state index is 12.8. The molecule has 2 fully saturated rings. The molecule has 2 unspecified atom stereocenters. The van der Waals surface area contributed by atoms with Gasteiger partial charge >= 0.3 is 11.9 Å². The van der Waals surface area contributed by atoms with Crippen LogP contribution in [0.3, 0.4) is 0 Å². The summed E-state index contributed by atoms with van der Waals surface area (Å²) in [5.74, 6) is -2.07. The lowest BCUT2D eigenvalue weighted by molar-refractivity contribution is -0.157. The van der Waals surface area contributed by atoms with Gasteiger partial charge in [-0.15, -0.1) is 0 Å². The number of hydrogen-bond donors (Lipinski definition) is 1. The molecule has 2 bridgehead atoms. The normalized spacial score (nSPS) is 28.8. The molecule has 6 heteroatoms. The standard InChI is InChI=1S/C15H23NO5/c1-8(2)11(7-12(17)21-3)14(18)16-10-5-4-9(6-10)13(16)15(19)20/h8-11,13H,4-7H2,1-3H3,(H,19,20)/t9?,10?,11-,13-/m0/s1. The Labute approximate surface area is 124 Å². The van der Waals surface area contributed by atoms with Crippen molar-refractivity contribution < 1.29 is 24.2 Å². The lowest BCUT2D eigenvalue weighted by Gasteiger charge is -2.36. The first kappa shape index (κ1) is 15.8. The summed E-state index contributed by atoms with van der Waals surface area (Å²) in [5, 5.41) is 9.42. The Kier molecular flexibility index (Phi) is 4.54. The predicted molar refractivity (Wildman–Crippen MR) is 74.4 cm³/mol. The summed E-state index contributed by atoms with van der Waals surface area (Å²) >= 11 is 0. The quantitative estimate of drug-likeness (QED) is 0.773. The van der Waals surface area contributed by atoms with Crippen molar-refractivity contribution >= 4 is 17.8 Å². The molecule has 6 nitrogen and oxygen atoms in total. The molecule has 0 aromatic carbocycles. The molecule has 1 amide bonds. The molecule has 2 rings (SSSR count). The fourth-order valence-electron chi connectivity index (χ4n) is 3.69. The van der Waals surface area contributed by atoms with Gasteiger partial charge in [-0.1, -0.05) is 13.8 Å². The Morgan fingerprint density at radius 1 is 1.29 bits per heavy atom. The van der Waals surface area contributed by atoms with E-state index in [9.17, 15) is 19.5 Å². The minimum atomic E-state index is -0.934. The van der Waals surface area contributed by atoms with Crippen molar-refractivity contribution in [3.05, 3.63) is 0 Å². The Balaban J connectivity index is 2.19. The number of carbonyl (C=O) groups excluding carboxylic acids is 2. The number of carboxylic acid groups (broad SMARTS) is 1. The highest BCUT2D eigenvalue weighted by atomic mass is 16.5. The zero-order valence-corrected chi connectivity index (χ0v) is 12.7. The molecule has 0 radical (unpaired) electrons. The number of rotatable bonds is 5. The first-order valence-corrected chi connectivity index (χ1v) is 7.48. The van der Waals surface area contributed by atoms with Crippen molar-refractivity contribution in [2.75, 3.05) is 7.11 Å². The summed E-state index contributed by atoms with van der Waals surface area (Å²) in [7, 11) is 1.29. The fraction of sp³-hybridized carbons (Fsp3) is 0.800. The zero-order valence-electron chi connectivity index (χ0n) is 12.7. The number of aliphatic carboxylic acids is 1. The van der Waals surface area contributed by atoms with Crippen LogP contribution in [0.15, 0.2) is 0 Å². The predicted octanol–water partition coefficient (Wildman–Crippen LogP) is 1.29. The average Bonchev–Trinajstić information content (AvgIpc) is 3.03. The fourth-order valence-corrected chi connectivity index (χ4v) is 3.69. The summed E-state index contributed by atoms with van der Waals surface area (Å²) in [4.78, 5) is 37.3. The van der Waals surface area contributed by atoms with Crippen LogP contribution in [0.1, 0.15) is 39.5 Å². The second-order valence-corrected chi connectivity index (χ2v) is 6.39. The number of likely N-dealkylation sites (tertiary alicyclic amines) is 1. The minimum Gasteiger partial charge on any atom is -0.480 e. The molecule has 4 atom stereocenters. The van der Waals surface area contributed by atoms with Crippen molar-refractivity contribution in [1.82, 2.24) is 4.90 Å². The highest BCUT2D eigenvalue weighted by molar-refractivity contribution is 5.89. The van der Waals surface area contributed by atoms with Gasteiger partial charge in [0.05, 0.1) is 19.4 Å². The summed E-state index contributed by atoms with van der Waals surface area (Å²) < 4.78 is 4.65. The van der Waals surface area contributed by atoms with Crippen molar-refractivity contribution in [1.29, 1.82) is 0 Å². The average molecular weight is 297 g/mol. The van der Waals surface area contributed by atoms with E-state index in [0.29, 0.717) is 0 Å². The third kappa shape index (κ3) is 2.89. The second kappa shape index (κ2) is 6.03. The van der Waals surface area contributed by atoms with E-state index in [0.717, 1.165) is 19.3 Å². The van der Waals surface area contributed by atoms with Gasteiger partial charge in [0.25, 0.3) is 0 Å². The first-order chi connectivity index (χ1) is 9.86. The summed E-state index contributed by atoms with van der Waals surface area (Å²) in [5.41, 5.74) is 0. The van der Waals surface area contributed by atoms with Crippen LogP contribution in [0.5, 0.6) is 0 Å². The topological polar surface area (TPSA) is 83.9 Å². The lowest BCUT2D eigenvalue weighted by atomic mass is 9.89. The highest BCUT2D eigenvalue weighted by Crippen LogP contribution is 2.43. The smallest absolute Gasteiger partial charge is 0.326 e. The van der Waals surface area contributed by atoms with Gasteiger partial charge in [-0.2, -0.15) is 0 Å². The zero-order chi connectivity index (χ0) is 15.7. The van der Waals surface area contributed by atoms with E-state index in [1.807, 2.05) is 13.8 Å². The number of esters is 1. The lowest BCUT2D eigenvalue weighted by Crippen LogP contribution is -2.52. The molecule has 1 heterocycles. The van der Waals surface area contributed by atoms with E-state index in [1.165, 1.54) is 12.0 Å². The van der Waals surface area contributed by atoms with Crippen molar-refractivity contribution in [2.45, 2.75) is 51.6 Å². The van der Waals surface area contributed by atoms with Crippen molar-refractivity contribution in [3.63, 3.8) is 0 Å². The van der Waals surface area contributed by atoms with Crippen molar-refractivity contribution in [3.8, 4) is 0 Å². The molecule has 1 saturated carbocycles. The van der Waals surface area contributed by atoms with Crippen LogP contribution in [-0.4, -0.2) is 47.0 Å². The Morgan fingerprint density at radius 3 is 2.48 bits per heavy atom. The molecule has 21 heavy (non-hydrogen) atoms. The third-order valence-corrected chi connectivity index (χ3v) is 4.83. The van der Waals surface area contributed by atoms with Gasteiger partial charge in [-0.05, 0) is 31.1 Å². The van der Waals surface area contributed by atoms with E-state index in [4.69, 9.17) is 0 Å². The van der Waals surface area contributed by atoms with Gasteiger partial charge in [0.2, 0.25) is 5.91 Å². The van der Waals surface area contributed by atoms with Gasteiger partial charge in [0, 0.05) is 6.04 Å². The van der Waals surface area contributed by atoms with Gasteiger partial charge in [-0.3, -0.25) is 9.59 Å². The van der Waals surface area contributed by atoms with Gasteiger partial charge in [0.15, 0.2) is 0 Å². The van der Waals surface area contributed by atoms with E-state index in [1.54, 1.807) is 0 Å². The van der Waals surface area contributed by atoms with Crippen LogP contribution < -0.4 is 0 Å². The van der Waals surface area contributed by atoms with Crippen LogP contribution in [0, 0.1) is 17.8 Å². The third-order valence-electron chi connectivity index (χ3n) is 4.83. The van der Waals surface area contributed by atoms with Gasteiger partial charge in [0.1, 0.15) is 6.04 Å². The van der Waals surface area contributed by atoms with Gasteiger partial charge < -0.3 is 14.7 Å². The Bertz CT molecular complexity index is 447. The van der Waals surface area contributed by atoms with E-state index in [2.05, 4.69) is 4.74 Å². The SMILES string of the molecule is COC(=O)C[C@H](C(=O)N1C2CCC(C2)[C@H]1C(=O)O)C(C)C. The number of fused-ring (bicyclic) bond motifs is 2. The van der Waals surface area contributed by atoms with Crippen LogP contribution in [-0.2, 0) is 19.1 Å². The number of hydrogen-bond acceptors (Lipinski definition) is 4. The molecule has 1 aliphatic heterocycles. The van der Waals surface area contributed by atoms with Crippen LogP contribution in [0.25, 0.3) is 0 Å². The van der Waals surface area contributed by atoms with Crippen LogP contribution in [0.2, 0.25) is 0 Å². The molecular formula is C15H23NO5. The van der Waals surface area contributed by atoms with E-state index >= 15 is 0 Å². The molecule has 118 valence electrons. The summed E-state index contributed by atoms with van der Waals surface area (Å²) in [6.45, 7) is 3.74. The minimum absolute atomic E-state index is 0.00717. The molecular weight excluding hydrogens is 274 g/mol. The van der Waals surface area contributed by atoms with Crippen LogP contribution >= 0.6 is 0 Å². The number of methoxy groups -OCH3 is 1. The Hall–Kier alpha value is -1.59. The van der Waals surface area contributed by atoms with E-state index < -0.39 is 23.9 Å². The molecule has 1 N–H and O–H groups in total. The number of carboxylic acids is 1. The molecule has 1 saturated heterocycles. The molecule has 1 aliphatic carbocycles. The highest BCUT2D eigenvalue weighted by Gasteiger charge is 2.52. The van der Waals surface area contributed by atoms with Gasteiger partial charge in [-0.25, -0.2) is 4.79 Å². The first-order valence-electron chi connectivity index (χ1n) is 7.48. The van der Waals surface area contributed by atoms with Crippen molar-refractivity contribution in [2.24, 2.45) is 17.8 Å². The molecule has 0 aromatic rings. The monoisotopic (exact) mass is 297 g/mol. The number of nitrogens with zero attached hydrogens (tertiary/aromatic N) is 1. The number of amides is 1. The Morgan fingerprint density at radius 2 is 1.95 bits per heavy atom. The maximum atomic E-state index is 12.8. The van der Waals surface area contributed by atoms with E-state index in [-0.39, 0.29) is 30.2 Å². The second-order valence-electron chi connectivity index (χ2n) is 6.39. The summed E-state index contributed by atoms with van der Waals surface area (Å²) in [6.07, 6.45) is 2.51. The number of piperidine rings is 1. The largest absolute Gasteiger partial charge is 0.480 e. The molecule has 0 spiro atoms. The number of ether oxygens (including phenoxy) is 1. The molecule has 0 aromatic heterocycles. The number of carbonyl (C=O) groups is 3. The summed E-state index contributed by atoms with van der Waals surface area (Å²) in [6, 6.07) is -0.711. The maximum Gasteiger partial charge on any atom is 0.326 e. The van der Waals surface area contributed by atoms with Crippen LogP contribution in [0.4, 0.5) is 0 Å².